The highest BCUT2D eigenvalue weighted by atomic mass is 16.6. The molecule has 27 heteroatoms. The van der Waals surface area contributed by atoms with Crippen molar-refractivity contribution in [3.8, 4) is 0 Å². The van der Waals surface area contributed by atoms with E-state index in [2.05, 4.69) is 5.32 Å². The van der Waals surface area contributed by atoms with Gasteiger partial charge in [0, 0.05) is 6.54 Å². The maximum atomic E-state index is 10.3. The predicted molar refractivity (Wildman–Crippen MR) is 272 cm³/mol. The van der Waals surface area contributed by atoms with E-state index in [-0.39, 0.29) is 13.2 Å². The molecule has 0 aliphatic carbocycles. The van der Waals surface area contributed by atoms with Gasteiger partial charge in [-0.05, 0) is 0 Å². The van der Waals surface area contributed by atoms with E-state index in [4.69, 9.17) is 119 Å². The summed E-state index contributed by atoms with van der Waals surface area (Å²) in [4.78, 5) is 10.3. The van der Waals surface area contributed by atoms with Crippen LogP contribution in [-0.4, -0.2) is 333 Å². The molecular formula is C49H99NO26. The molecule has 0 unspecified atom stereocenters. The van der Waals surface area contributed by atoms with Crippen LogP contribution in [0.2, 0.25) is 0 Å². The maximum absolute atomic E-state index is 10.3. The Morgan fingerprint density at radius 2 is 0.303 bits per heavy atom. The van der Waals surface area contributed by atoms with Crippen LogP contribution in [0.15, 0.2) is 0 Å². The van der Waals surface area contributed by atoms with Crippen molar-refractivity contribution in [3.05, 3.63) is 0 Å². The van der Waals surface area contributed by atoms with Gasteiger partial charge in [0.2, 0.25) is 0 Å². The summed E-state index contributed by atoms with van der Waals surface area (Å²) in [6, 6.07) is 0. The number of hydrogen-bond donors (Lipinski definition) is 3. The van der Waals surface area contributed by atoms with Crippen molar-refractivity contribution in [2.75, 3.05) is 317 Å². The fourth-order valence-electron chi connectivity index (χ4n) is 5.23. The zero-order chi connectivity index (χ0) is 54.5. The number of nitrogens with one attached hydrogen (secondary N) is 1. The predicted octanol–water partition coefficient (Wildman–Crippen LogP) is -0.372. The molecule has 0 fully saturated rings. The van der Waals surface area contributed by atoms with Crippen molar-refractivity contribution in [1.29, 1.82) is 0 Å². The lowest BCUT2D eigenvalue weighted by Gasteiger charge is -2.09. The van der Waals surface area contributed by atoms with Crippen LogP contribution in [0.1, 0.15) is 0 Å². The van der Waals surface area contributed by atoms with Gasteiger partial charge >= 0.3 is 6.09 Å². The third-order valence-electron chi connectivity index (χ3n) is 8.94. The molecule has 0 radical (unpaired) electrons. The minimum absolute atomic E-state index is 0.0169. The molecule has 27 nitrogen and oxygen atoms in total. The van der Waals surface area contributed by atoms with E-state index in [0.29, 0.717) is 304 Å². The van der Waals surface area contributed by atoms with E-state index in [1.165, 1.54) is 0 Å². The van der Waals surface area contributed by atoms with Crippen LogP contribution in [0.5, 0.6) is 0 Å². The number of carbonyl (C=O) groups is 1. The summed E-state index contributed by atoms with van der Waals surface area (Å²) in [5.74, 6) is 0. The number of aliphatic hydroxyl groups excluding tert-OH is 1. The summed E-state index contributed by atoms with van der Waals surface area (Å²) in [6.07, 6.45) is -1.07. The van der Waals surface area contributed by atoms with E-state index in [1.54, 1.807) is 0 Å². The van der Waals surface area contributed by atoms with Gasteiger partial charge in [0.05, 0.1) is 311 Å². The van der Waals surface area contributed by atoms with Gasteiger partial charge in [0.25, 0.3) is 0 Å². The first-order valence-electron chi connectivity index (χ1n) is 26.6. The van der Waals surface area contributed by atoms with Crippen molar-refractivity contribution in [2.45, 2.75) is 0 Å². The van der Waals surface area contributed by atoms with Gasteiger partial charge in [-0.25, -0.2) is 4.79 Å². The van der Waals surface area contributed by atoms with E-state index in [0.717, 1.165) is 0 Å². The fraction of sp³-hybridized carbons (Fsp3) is 0.980. The highest BCUT2D eigenvalue weighted by molar-refractivity contribution is 5.64. The van der Waals surface area contributed by atoms with Gasteiger partial charge in [-0.1, -0.05) is 0 Å². The molecule has 0 atom stereocenters. The van der Waals surface area contributed by atoms with Crippen molar-refractivity contribution in [3.63, 3.8) is 0 Å². The highest BCUT2D eigenvalue weighted by Crippen LogP contribution is 1.91. The standard InChI is InChI=1S/C49H99NO26/c51-2-4-55-6-8-57-10-12-59-14-16-61-18-20-63-22-24-65-26-28-67-30-32-69-34-36-71-38-40-73-42-44-75-46-48-76-47-45-74-43-41-72-39-37-70-35-33-68-31-29-66-27-25-64-23-21-62-19-17-60-15-13-58-11-9-56-7-5-54-3-1-50-49(52)53/h50-51H,1-48H2,(H,52,53). The number of carboxylic acid groups (broad SMARTS) is 1. The average molecular weight is 1120 g/mol. The molecule has 0 aliphatic rings. The Kier molecular flexibility index (Phi) is 69.7. The normalized spacial score (nSPS) is 11.6. The maximum Gasteiger partial charge on any atom is 0.404 e. The lowest BCUT2D eigenvalue weighted by molar-refractivity contribution is -0.0319. The largest absolute Gasteiger partial charge is 0.465 e. The molecule has 0 bridgehead atoms. The average Bonchev–Trinajstić information content (AvgIpc) is 3.42. The smallest absolute Gasteiger partial charge is 0.404 e. The molecule has 0 aromatic heterocycles. The number of aliphatic hydroxyl groups is 1. The molecule has 0 aliphatic heterocycles. The van der Waals surface area contributed by atoms with E-state index in [9.17, 15) is 4.79 Å². The fourth-order valence-corrected chi connectivity index (χ4v) is 5.23. The van der Waals surface area contributed by atoms with E-state index in [1.807, 2.05) is 0 Å². The molecule has 0 heterocycles. The van der Waals surface area contributed by atoms with Crippen LogP contribution in [0.25, 0.3) is 0 Å². The van der Waals surface area contributed by atoms with Gasteiger partial charge < -0.3 is 124 Å². The molecule has 76 heavy (non-hydrogen) atoms. The molecule has 0 saturated carbocycles. The Hall–Kier alpha value is -1.69. The Labute approximate surface area is 451 Å². The molecule has 1 amide bonds. The van der Waals surface area contributed by atoms with Gasteiger partial charge in [0.1, 0.15) is 0 Å². The highest BCUT2D eigenvalue weighted by Gasteiger charge is 2.00. The molecule has 0 aromatic rings. The third-order valence-corrected chi connectivity index (χ3v) is 8.94. The van der Waals surface area contributed by atoms with Crippen LogP contribution in [0.4, 0.5) is 4.79 Å². The Morgan fingerprint density at radius 3 is 0.408 bits per heavy atom. The second kappa shape index (κ2) is 71.3. The number of ether oxygens (including phenoxy) is 23. The Bertz CT molecular complexity index is 1050. The number of amides is 1. The molecule has 0 saturated heterocycles. The lowest BCUT2D eigenvalue weighted by Crippen LogP contribution is -2.25. The minimum atomic E-state index is -1.07. The van der Waals surface area contributed by atoms with Crippen molar-refractivity contribution < 1.29 is 124 Å². The van der Waals surface area contributed by atoms with Gasteiger partial charge in [-0.3, -0.25) is 0 Å². The van der Waals surface area contributed by atoms with Gasteiger partial charge in [-0.15, -0.1) is 0 Å². The summed E-state index contributed by atoms with van der Waals surface area (Å²) in [6.45, 7) is 21.9. The van der Waals surface area contributed by atoms with Crippen LogP contribution < -0.4 is 5.32 Å². The lowest BCUT2D eigenvalue weighted by atomic mass is 10.6. The first-order valence-corrected chi connectivity index (χ1v) is 26.6. The summed E-state index contributed by atoms with van der Waals surface area (Å²) >= 11 is 0. The number of hydrogen-bond acceptors (Lipinski definition) is 25. The quantitative estimate of drug-likeness (QED) is 0.0655. The van der Waals surface area contributed by atoms with Crippen LogP contribution in [0.3, 0.4) is 0 Å². The van der Waals surface area contributed by atoms with Crippen molar-refractivity contribution in [1.82, 2.24) is 5.32 Å². The molecule has 0 spiro atoms. The monoisotopic (exact) mass is 1120 g/mol. The van der Waals surface area contributed by atoms with E-state index >= 15 is 0 Å². The summed E-state index contributed by atoms with van der Waals surface area (Å²) in [5.41, 5.74) is 0. The second-order valence-electron chi connectivity index (χ2n) is 15.0. The van der Waals surface area contributed by atoms with Crippen LogP contribution in [0, 0.1) is 0 Å². The van der Waals surface area contributed by atoms with E-state index < -0.39 is 6.09 Å². The summed E-state index contributed by atoms with van der Waals surface area (Å²) in [5, 5.41) is 19.3. The molecule has 0 rings (SSSR count). The van der Waals surface area contributed by atoms with Crippen LogP contribution in [-0.2, 0) is 109 Å². The number of rotatable bonds is 71. The third kappa shape index (κ3) is 72.3. The zero-order valence-corrected chi connectivity index (χ0v) is 45.6. The molecule has 0 aromatic carbocycles. The summed E-state index contributed by atoms with van der Waals surface area (Å²) < 4.78 is 125. The van der Waals surface area contributed by atoms with Gasteiger partial charge in [0.15, 0.2) is 0 Å². The second-order valence-corrected chi connectivity index (χ2v) is 15.0. The minimum Gasteiger partial charge on any atom is -0.465 e. The molecular weight excluding hydrogens is 1020 g/mol. The van der Waals surface area contributed by atoms with Gasteiger partial charge in [-0.2, -0.15) is 0 Å². The van der Waals surface area contributed by atoms with Crippen molar-refractivity contribution >= 4 is 6.09 Å². The van der Waals surface area contributed by atoms with Crippen LogP contribution >= 0.6 is 0 Å². The Balaban J connectivity index is 3.08. The first-order chi connectivity index (χ1) is 37.8. The SMILES string of the molecule is O=C(O)NCCOCCOCCOCCOCCOCCOCCOCCOCCOCCOCCOCCOCCOCCOCCOCCOCCOCCOCCOCCOCCOCCOCCOCCO. The molecule has 456 valence electrons. The van der Waals surface area contributed by atoms with Crippen molar-refractivity contribution in [2.24, 2.45) is 0 Å². The molecule has 3 N–H and O–H groups in total. The Morgan fingerprint density at radius 1 is 0.197 bits per heavy atom. The topological polar surface area (TPSA) is 282 Å². The first kappa shape index (κ1) is 74.3. The summed E-state index contributed by atoms with van der Waals surface area (Å²) in [7, 11) is 0. The zero-order valence-electron chi connectivity index (χ0n) is 45.6.